The molecule has 0 radical (unpaired) electrons. The van der Waals surface area contributed by atoms with Gasteiger partial charge in [-0.05, 0) is 80.6 Å². The van der Waals surface area contributed by atoms with Gasteiger partial charge in [-0.15, -0.1) is 0 Å². The summed E-state index contributed by atoms with van der Waals surface area (Å²) in [4.78, 5) is 20.3. The molecule has 3 heterocycles. The summed E-state index contributed by atoms with van der Waals surface area (Å²) < 4.78 is 0. The Morgan fingerprint density at radius 3 is 2.53 bits per heavy atom. The fraction of sp³-hybridized carbons (Fsp3) is 0.250. The first-order chi connectivity index (χ1) is 16.5. The Morgan fingerprint density at radius 2 is 1.76 bits per heavy atom. The van der Waals surface area contributed by atoms with Gasteiger partial charge in [-0.1, -0.05) is 29.8 Å². The number of fused-ring (bicyclic) bond motifs is 1. The van der Waals surface area contributed by atoms with E-state index in [1.807, 2.05) is 17.0 Å². The Morgan fingerprint density at radius 1 is 1.00 bits per heavy atom. The zero-order chi connectivity index (χ0) is 23.7. The molecule has 0 atom stereocenters. The van der Waals surface area contributed by atoms with Crippen LogP contribution >= 0.6 is 0 Å². The highest BCUT2D eigenvalue weighted by Crippen LogP contribution is 2.29. The predicted octanol–water partition coefficient (Wildman–Crippen LogP) is 5.74. The molecule has 0 spiro atoms. The minimum atomic E-state index is 0.00918. The molecule has 2 aromatic heterocycles. The maximum atomic E-state index is 13.7. The van der Waals surface area contributed by atoms with E-state index >= 15 is 0 Å². The lowest BCUT2D eigenvalue weighted by Crippen LogP contribution is -2.35. The first-order valence-corrected chi connectivity index (χ1v) is 11.7. The fourth-order valence-electron chi connectivity index (χ4n) is 4.50. The van der Waals surface area contributed by atoms with Gasteiger partial charge in [-0.25, -0.2) is 4.98 Å². The lowest BCUT2D eigenvalue weighted by molar-refractivity contribution is 0.0726. The molecule has 34 heavy (non-hydrogen) atoms. The Kier molecular flexibility index (Phi) is 5.88. The van der Waals surface area contributed by atoms with Crippen molar-refractivity contribution in [3.8, 4) is 17.0 Å². The largest absolute Gasteiger partial charge is 0.508 e. The monoisotopic (exact) mass is 452 g/mol. The third kappa shape index (κ3) is 4.31. The normalized spacial score (nSPS) is 14.2. The molecule has 1 fully saturated rings. The van der Waals surface area contributed by atoms with Crippen molar-refractivity contribution in [3.63, 3.8) is 0 Å². The number of aromatic nitrogens is 3. The molecule has 172 valence electrons. The topological polar surface area (TPSA) is 82.1 Å². The van der Waals surface area contributed by atoms with Crippen molar-refractivity contribution in [2.24, 2.45) is 0 Å². The number of piperidine rings is 1. The van der Waals surface area contributed by atoms with E-state index in [2.05, 4.69) is 48.3 Å². The molecular weight excluding hydrogens is 424 g/mol. The molecule has 1 amide bonds. The summed E-state index contributed by atoms with van der Waals surface area (Å²) in [6.45, 7) is 5.69. The van der Waals surface area contributed by atoms with Crippen LogP contribution < -0.4 is 0 Å². The Bertz CT molecular complexity index is 1380. The minimum Gasteiger partial charge on any atom is -0.508 e. The fourth-order valence-corrected chi connectivity index (χ4v) is 4.50. The number of likely N-dealkylation sites (tertiary alicyclic amines) is 1. The number of rotatable bonds is 4. The van der Waals surface area contributed by atoms with Gasteiger partial charge in [-0.3, -0.25) is 9.89 Å². The molecule has 0 bridgehead atoms. The highest BCUT2D eigenvalue weighted by atomic mass is 16.3. The number of nitrogens with one attached hydrogen (secondary N) is 1. The summed E-state index contributed by atoms with van der Waals surface area (Å²) in [6, 6.07) is 15.0. The maximum Gasteiger partial charge on any atom is 0.254 e. The lowest BCUT2D eigenvalue weighted by atomic mass is 10.0. The number of hydrogen-bond donors (Lipinski definition) is 2. The van der Waals surface area contributed by atoms with Gasteiger partial charge in [0, 0.05) is 18.7 Å². The number of hydrogen-bond acceptors (Lipinski definition) is 4. The predicted molar refractivity (Wildman–Crippen MR) is 136 cm³/mol. The SMILES string of the molecule is Cc1ccc(C)c(/C=C/c2[nH]nc3nc(-c4ccc(O)cc4)cc(C(=O)N4CCCCC4)c23)c1. The number of phenolic OH excluding ortho intramolecular Hbond substituents is 1. The van der Waals surface area contributed by atoms with Crippen LogP contribution in [0.1, 0.15) is 52.0 Å². The number of aromatic amines is 1. The number of pyridine rings is 1. The van der Waals surface area contributed by atoms with E-state index in [-0.39, 0.29) is 11.7 Å². The number of benzene rings is 2. The molecule has 1 saturated heterocycles. The van der Waals surface area contributed by atoms with E-state index in [4.69, 9.17) is 4.98 Å². The summed E-state index contributed by atoms with van der Waals surface area (Å²) in [5.74, 6) is 0.197. The molecule has 2 N–H and O–H groups in total. The van der Waals surface area contributed by atoms with Crippen molar-refractivity contribution in [2.45, 2.75) is 33.1 Å². The van der Waals surface area contributed by atoms with E-state index < -0.39 is 0 Å². The standard InChI is InChI=1S/C28H28N4O2/c1-18-6-7-19(2)21(16-18)10-13-24-26-23(28(34)32-14-4-3-5-15-32)17-25(29-27(26)31-30-24)20-8-11-22(33)12-9-20/h6-13,16-17,33H,3-5,14-15H2,1-2H3,(H,29,30,31)/b13-10+. The number of H-pyrrole nitrogens is 1. The quantitative estimate of drug-likeness (QED) is 0.413. The van der Waals surface area contributed by atoms with Crippen molar-refractivity contribution >= 4 is 29.1 Å². The van der Waals surface area contributed by atoms with Gasteiger partial charge >= 0.3 is 0 Å². The second-order valence-corrected chi connectivity index (χ2v) is 8.98. The summed E-state index contributed by atoms with van der Waals surface area (Å²) in [6.07, 6.45) is 7.24. The van der Waals surface area contributed by atoms with Gasteiger partial charge in [0.05, 0.1) is 22.3 Å². The molecule has 0 saturated carbocycles. The van der Waals surface area contributed by atoms with E-state index in [9.17, 15) is 9.90 Å². The second kappa shape index (κ2) is 9.14. The van der Waals surface area contributed by atoms with Crippen molar-refractivity contribution in [1.29, 1.82) is 0 Å². The number of nitrogens with zero attached hydrogens (tertiary/aromatic N) is 3. The van der Waals surface area contributed by atoms with E-state index in [1.165, 1.54) is 11.1 Å². The van der Waals surface area contributed by atoms with E-state index in [0.717, 1.165) is 54.6 Å². The van der Waals surface area contributed by atoms with Gasteiger partial charge in [0.25, 0.3) is 5.91 Å². The second-order valence-electron chi connectivity index (χ2n) is 8.98. The average molecular weight is 453 g/mol. The molecule has 2 aromatic carbocycles. The summed E-state index contributed by atoms with van der Waals surface area (Å²) in [5, 5.41) is 18.0. The number of amides is 1. The van der Waals surface area contributed by atoms with Crippen LogP contribution in [0.2, 0.25) is 0 Å². The number of carbonyl (C=O) groups is 1. The van der Waals surface area contributed by atoms with Crippen molar-refractivity contribution < 1.29 is 9.90 Å². The van der Waals surface area contributed by atoms with Gasteiger partial charge in [0.1, 0.15) is 5.75 Å². The van der Waals surface area contributed by atoms with Crippen molar-refractivity contribution in [2.75, 3.05) is 13.1 Å². The number of aryl methyl sites for hydroxylation is 2. The van der Waals surface area contributed by atoms with Crippen LogP contribution in [-0.4, -0.2) is 44.2 Å². The third-order valence-electron chi connectivity index (χ3n) is 6.45. The van der Waals surface area contributed by atoms with Crippen LogP contribution in [0, 0.1) is 13.8 Å². The highest BCUT2D eigenvalue weighted by molar-refractivity contribution is 6.09. The molecule has 1 aliphatic rings. The number of aromatic hydroxyl groups is 1. The minimum absolute atomic E-state index is 0.00918. The van der Waals surface area contributed by atoms with Crippen LogP contribution in [0.25, 0.3) is 34.4 Å². The molecule has 6 heteroatoms. The average Bonchev–Trinajstić information content (AvgIpc) is 3.27. The number of phenols is 1. The first kappa shape index (κ1) is 21.9. The molecule has 5 rings (SSSR count). The van der Waals surface area contributed by atoms with Gasteiger partial charge in [0.2, 0.25) is 0 Å². The van der Waals surface area contributed by atoms with Crippen molar-refractivity contribution in [3.05, 3.63) is 76.5 Å². The van der Waals surface area contributed by atoms with Crippen LogP contribution in [0.3, 0.4) is 0 Å². The summed E-state index contributed by atoms with van der Waals surface area (Å²) in [5.41, 5.74) is 6.86. The zero-order valence-electron chi connectivity index (χ0n) is 19.5. The van der Waals surface area contributed by atoms with Gasteiger partial charge in [0.15, 0.2) is 5.65 Å². The van der Waals surface area contributed by atoms with E-state index in [0.29, 0.717) is 16.9 Å². The first-order valence-electron chi connectivity index (χ1n) is 11.7. The van der Waals surface area contributed by atoms with Crippen LogP contribution in [0.4, 0.5) is 0 Å². The van der Waals surface area contributed by atoms with Crippen molar-refractivity contribution in [1.82, 2.24) is 20.1 Å². The Labute approximate surface area is 199 Å². The smallest absolute Gasteiger partial charge is 0.254 e. The number of carbonyl (C=O) groups excluding carboxylic acids is 1. The van der Waals surface area contributed by atoms with Gasteiger partial charge < -0.3 is 10.0 Å². The zero-order valence-corrected chi connectivity index (χ0v) is 19.5. The van der Waals surface area contributed by atoms with Crippen LogP contribution in [0.15, 0.2) is 48.5 Å². The molecule has 6 nitrogen and oxygen atoms in total. The van der Waals surface area contributed by atoms with Crippen LogP contribution in [-0.2, 0) is 0 Å². The van der Waals surface area contributed by atoms with Gasteiger partial charge in [-0.2, -0.15) is 5.10 Å². The molecular formula is C28H28N4O2. The summed E-state index contributed by atoms with van der Waals surface area (Å²) >= 11 is 0. The van der Waals surface area contributed by atoms with Crippen LogP contribution in [0.5, 0.6) is 5.75 Å². The molecule has 0 unspecified atom stereocenters. The maximum absolute atomic E-state index is 13.7. The molecule has 0 aliphatic carbocycles. The lowest BCUT2D eigenvalue weighted by Gasteiger charge is -2.27. The Hall–Kier alpha value is -3.93. The highest BCUT2D eigenvalue weighted by Gasteiger charge is 2.24. The summed E-state index contributed by atoms with van der Waals surface area (Å²) in [7, 11) is 0. The molecule has 1 aliphatic heterocycles. The van der Waals surface area contributed by atoms with E-state index in [1.54, 1.807) is 24.3 Å². The Balaban J connectivity index is 1.63. The third-order valence-corrected chi connectivity index (χ3v) is 6.45. The molecule has 4 aromatic rings.